The fourth-order valence-electron chi connectivity index (χ4n) is 6.97. The van der Waals surface area contributed by atoms with E-state index in [1.807, 2.05) is 18.2 Å². The first-order valence-corrected chi connectivity index (χ1v) is 16.3. The van der Waals surface area contributed by atoms with Gasteiger partial charge in [0.15, 0.2) is 5.82 Å². The normalized spacial score (nSPS) is 11.3. The van der Waals surface area contributed by atoms with Crippen molar-refractivity contribution in [1.29, 1.82) is 0 Å². The van der Waals surface area contributed by atoms with Gasteiger partial charge in [0.2, 0.25) is 0 Å². The monoisotopic (exact) mass is 610 g/mol. The Morgan fingerprint density at radius 1 is 0.292 bits per heavy atom. The van der Waals surface area contributed by atoms with Crippen molar-refractivity contribution in [3.63, 3.8) is 0 Å². The summed E-state index contributed by atoms with van der Waals surface area (Å²) in [7, 11) is 0. The van der Waals surface area contributed by atoms with E-state index in [1.54, 1.807) is 0 Å². The van der Waals surface area contributed by atoms with Gasteiger partial charge in [-0.05, 0) is 66.7 Å². The van der Waals surface area contributed by atoms with Crippen LogP contribution in [0.4, 0.5) is 0 Å². The van der Waals surface area contributed by atoms with E-state index in [-0.39, 0.29) is 0 Å². The number of rotatable bonds is 5. The molecule has 9 aromatic rings. The molecule has 0 N–H and O–H groups in total. The van der Waals surface area contributed by atoms with Crippen molar-refractivity contribution in [2.45, 2.75) is 0 Å². The quantitative estimate of drug-likeness (QED) is 0.194. The van der Waals surface area contributed by atoms with Gasteiger partial charge < -0.3 is 0 Å². The van der Waals surface area contributed by atoms with Gasteiger partial charge in [-0.25, -0.2) is 9.97 Å². The third kappa shape index (κ3) is 4.92. The highest BCUT2D eigenvalue weighted by Gasteiger charge is 2.18. The van der Waals surface area contributed by atoms with Gasteiger partial charge in [0.25, 0.3) is 0 Å². The molecule has 9 rings (SSSR count). The molecule has 0 spiro atoms. The number of fused-ring (bicyclic) bond motifs is 3. The van der Waals surface area contributed by atoms with Gasteiger partial charge in [0.1, 0.15) is 0 Å². The van der Waals surface area contributed by atoms with Crippen LogP contribution in [0, 0.1) is 0 Å². The SMILES string of the molecule is c1ccc(-c2nc(-c3c(-c4ccccc4)ccc4ccccc34)cc(-c3ccc(-c4ccc5ccccc5c4)c4ccccc34)n2)cc1. The molecule has 0 amide bonds. The molecule has 0 aliphatic heterocycles. The van der Waals surface area contributed by atoms with E-state index in [4.69, 9.17) is 9.97 Å². The van der Waals surface area contributed by atoms with E-state index < -0.39 is 0 Å². The Morgan fingerprint density at radius 3 is 1.60 bits per heavy atom. The topological polar surface area (TPSA) is 25.8 Å². The molecule has 0 atom stereocenters. The molecule has 0 radical (unpaired) electrons. The van der Waals surface area contributed by atoms with Gasteiger partial charge in [-0.15, -0.1) is 0 Å². The van der Waals surface area contributed by atoms with Crippen molar-refractivity contribution in [1.82, 2.24) is 9.97 Å². The van der Waals surface area contributed by atoms with Gasteiger partial charge in [0, 0.05) is 16.7 Å². The Balaban J connectivity index is 1.31. The molecule has 0 aliphatic carbocycles. The minimum absolute atomic E-state index is 0.706. The first-order chi connectivity index (χ1) is 23.8. The summed E-state index contributed by atoms with van der Waals surface area (Å²) < 4.78 is 0. The average molecular weight is 611 g/mol. The van der Waals surface area contributed by atoms with Crippen LogP contribution in [0.2, 0.25) is 0 Å². The molecule has 8 aromatic carbocycles. The number of hydrogen-bond acceptors (Lipinski definition) is 2. The standard InChI is InChI=1S/C46H30N2/c1-3-14-32(15-4-1)39-26-25-33-16-9-10-20-38(33)45(39)44-30-43(47-46(48-44)34-17-5-2-6-18-34)42-28-27-37(40-21-11-12-22-41(40)42)36-24-23-31-13-7-8-19-35(31)29-36/h1-30H. The maximum atomic E-state index is 5.30. The van der Waals surface area contributed by atoms with Crippen molar-refractivity contribution in [2.75, 3.05) is 0 Å². The predicted octanol–water partition coefficient (Wildman–Crippen LogP) is 12.3. The first kappa shape index (κ1) is 27.9. The minimum atomic E-state index is 0.706. The largest absolute Gasteiger partial charge is 0.228 e. The molecule has 1 aromatic heterocycles. The Hall–Kier alpha value is -6.38. The van der Waals surface area contributed by atoms with E-state index in [9.17, 15) is 0 Å². The van der Waals surface area contributed by atoms with Crippen molar-refractivity contribution >= 4 is 32.3 Å². The highest BCUT2D eigenvalue weighted by molar-refractivity contribution is 6.07. The molecule has 1 heterocycles. The molecule has 0 saturated heterocycles. The Morgan fingerprint density at radius 2 is 0.833 bits per heavy atom. The Kier molecular flexibility index (Phi) is 6.84. The van der Waals surface area contributed by atoms with Crippen LogP contribution in [0.3, 0.4) is 0 Å². The molecule has 48 heavy (non-hydrogen) atoms. The second kappa shape index (κ2) is 11.8. The van der Waals surface area contributed by atoms with E-state index in [1.165, 1.54) is 38.1 Å². The summed E-state index contributed by atoms with van der Waals surface area (Å²) >= 11 is 0. The fourth-order valence-corrected chi connectivity index (χ4v) is 6.97. The van der Waals surface area contributed by atoms with Gasteiger partial charge in [-0.3, -0.25) is 0 Å². The summed E-state index contributed by atoms with van der Waals surface area (Å²) in [6.07, 6.45) is 0. The molecule has 0 bridgehead atoms. The number of benzene rings is 8. The highest BCUT2D eigenvalue weighted by Crippen LogP contribution is 2.41. The third-order valence-corrected chi connectivity index (χ3v) is 9.29. The van der Waals surface area contributed by atoms with E-state index in [0.717, 1.165) is 44.6 Å². The average Bonchev–Trinajstić information content (AvgIpc) is 3.17. The lowest BCUT2D eigenvalue weighted by atomic mass is 9.90. The summed E-state index contributed by atoms with van der Waals surface area (Å²) in [5, 5.41) is 7.18. The van der Waals surface area contributed by atoms with E-state index in [2.05, 4.69) is 164 Å². The molecule has 0 unspecified atom stereocenters. The summed E-state index contributed by atoms with van der Waals surface area (Å²) in [5.74, 6) is 0.706. The van der Waals surface area contributed by atoms with Gasteiger partial charge >= 0.3 is 0 Å². The van der Waals surface area contributed by atoms with Crippen LogP contribution in [0.1, 0.15) is 0 Å². The number of aromatic nitrogens is 2. The van der Waals surface area contributed by atoms with Crippen molar-refractivity contribution < 1.29 is 0 Å². The molecular formula is C46H30N2. The van der Waals surface area contributed by atoms with Crippen LogP contribution in [0.25, 0.3) is 88.5 Å². The number of hydrogen-bond donors (Lipinski definition) is 0. The maximum Gasteiger partial charge on any atom is 0.160 e. The molecular weight excluding hydrogens is 581 g/mol. The van der Waals surface area contributed by atoms with Crippen LogP contribution < -0.4 is 0 Å². The van der Waals surface area contributed by atoms with Gasteiger partial charge in [-0.1, -0.05) is 170 Å². The van der Waals surface area contributed by atoms with Crippen LogP contribution in [0.5, 0.6) is 0 Å². The smallest absolute Gasteiger partial charge is 0.160 e. The first-order valence-electron chi connectivity index (χ1n) is 16.3. The summed E-state index contributed by atoms with van der Waals surface area (Å²) in [4.78, 5) is 10.6. The Labute approximate surface area is 279 Å². The van der Waals surface area contributed by atoms with Crippen molar-refractivity contribution in [3.05, 3.63) is 182 Å². The predicted molar refractivity (Wildman–Crippen MR) is 202 cm³/mol. The number of nitrogens with zero attached hydrogens (tertiary/aromatic N) is 2. The van der Waals surface area contributed by atoms with E-state index in [0.29, 0.717) is 5.82 Å². The summed E-state index contributed by atoms with van der Waals surface area (Å²) in [6, 6.07) is 64.5. The molecule has 2 heteroatoms. The zero-order valence-electron chi connectivity index (χ0n) is 26.2. The lowest BCUT2D eigenvalue weighted by Crippen LogP contribution is -1.98. The van der Waals surface area contributed by atoms with E-state index >= 15 is 0 Å². The van der Waals surface area contributed by atoms with Crippen molar-refractivity contribution in [2.24, 2.45) is 0 Å². The third-order valence-electron chi connectivity index (χ3n) is 9.29. The van der Waals surface area contributed by atoms with Crippen LogP contribution in [-0.4, -0.2) is 9.97 Å². The lowest BCUT2D eigenvalue weighted by Gasteiger charge is -2.17. The van der Waals surface area contributed by atoms with Gasteiger partial charge in [0.05, 0.1) is 11.4 Å². The molecule has 224 valence electrons. The van der Waals surface area contributed by atoms with Crippen LogP contribution >= 0.6 is 0 Å². The molecule has 0 aliphatic rings. The fraction of sp³-hybridized carbons (Fsp3) is 0. The molecule has 0 saturated carbocycles. The second-order valence-electron chi connectivity index (χ2n) is 12.2. The van der Waals surface area contributed by atoms with Crippen molar-refractivity contribution in [3.8, 4) is 56.2 Å². The Bertz CT molecular complexity index is 2610. The zero-order valence-corrected chi connectivity index (χ0v) is 26.2. The van der Waals surface area contributed by atoms with Crippen LogP contribution in [-0.2, 0) is 0 Å². The highest BCUT2D eigenvalue weighted by atomic mass is 14.9. The van der Waals surface area contributed by atoms with Gasteiger partial charge in [-0.2, -0.15) is 0 Å². The molecule has 2 nitrogen and oxygen atoms in total. The summed E-state index contributed by atoms with van der Waals surface area (Å²) in [6.45, 7) is 0. The summed E-state index contributed by atoms with van der Waals surface area (Å²) in [5.41, 5.74) is 9.68. The second-order valence-corrected chi connectivity index (χ2v) is 12.2. The maximum absolute atomic E-state index is 5.30. The van der Waals surface area contributed by atoms with Crippen LogP contribution in [0.15, 0.2) is 182 Å². The lowest BCUT2D eigenvalue weighted by molar-refractivity contribution is 1.19. The molecule has 0 fully saturated rings. The minimum Gasteiger partial charge on any atom is -0.228 e. The zero-order chi connectivity index (χ0) is 31.9.